The van der Waals surface area contributed by atoms with Gasteiger partial charge in [0.25, 0.3) is 0 Å². The van der Waals surface area contributed by atoms with Crippen molar-refractivity contribution in [2.45, 2.75) is 0 Å². The SMILES string of the molecule is COC(=O)c1c(-c2ccc(F)c(Cl)c2)nn(-c2ccccc2)c1C(=O)OC. The molecular weight excluding hydrogens is 375 g/mol. The normalized spacial score (nSPS) is 10.5. The third-order valence-corrected chi connectivity index (χ3v) is 4.14. The maximum absolute atomic E-state index is 13.5. The lowest BCUT2D eigenvalue weighted by Gasteiger charge is -2.07. The van der Waals surface area contributed by atoms with Crippen LogP contribution in [0.2, 0.25) is 5.02 Å². The van der Waals surface area contributed by atoms with E-state index in [2.05, 4.69) is 5.10 Å². The number of esters is 2. The third kappa shape index (κ3) is 3.41. The molecule has 0 aliphatic heterocycles. The molecule has 3 aromatic rings. The summed E-state index contributed by atoms with van der Waals surface area (Å²) < 4.78 is 24.5. The van der Waals surface area contributed by atoms with Crippen LogP contribution in [0.15, 0.2) is 48.5 Å². The van der Waals surface area contributed by atoms with Gasteiger partial charge in [0, 0.05) is 5.56 Å². The summed E-state index contributed by atoms with van der Waals surface area (Å²) in [6, 6.07) is 12.6. The number of carbonyl (C=O) groups excluding carboxylic acids is 2. The third-order valence-electron chi connectivity index (χ3n) is 3.85. The molecule has 138 valence electrons. The Morgan fingerprint density at radius 2 is 1.70 bits per heavy atom. The van der Waals surface area contributed by atoms with Crippen LogP contribution in [0.4, 0.5) is 4.39 Å². The van der Waals surface area contributed by atoms with Crippen LogP contribution in [0.1, 0.15) is 20.8 Å². The van der Waals surface area contributed by atoms with Gasteiger partial charge >= 0.3 is 11.9 Å². The molecule has 0 atom stereocenters. The molecule has 1 heterocycles. The van der Waals surface area contributed by atoms with Crippen molar-refractivity contribution in [1.29, 1.82) is 0 Å². The van der Waals surface area contributed by atoms with Gasteiger partial charge < -0.3 is 9.47 Å². The minimum atomic E-state index is -0.784. The van der Waals surface area contributed by atoms with Crippen molar-refractivity contribution >= 4 is 23.5 Å². The highest BCUT2D eigenvalue weighted by atomic mass is 35.5. The predicted molar refractivity (Wildman–Crippen MR) is 96.6 cm³/mol. The highest BCUT2D eigenvalue weighted by Crippen LogP contribution is 2.31. The average Bonchev–Trinajstić information content (AvgIpc) is 3.10. The predicted octanol–water partition coefficient (Wildman–Crippen LogP) is 3.91. The van der Waals surface area contributed by atoms with Crippen LogP contribution in [0.3, 0.4) is 0 Å². The van der Waals surface area contributed by atoms with Crippen LogP contribution in [0, 0.1) is 5.82 Å². The van der Waals surface area contributed by atoms with Crippen LogP contribution in [0.5, 0.6) is 0 Å². The maximum atomic E-state index is 13.5. The van der Waals surface area contributed by atoms with Crippen molar-refractivity contribution in [1.82, 2.24) is 9.78 Å². The van der Waals surface area contributed by atoms with Gasteiger partial charge in [0.2, 0.25) is 0 Å². The van der Waals surface area contributed by atoms with Crippen molar-refractivity contribution in [2.75, 3.05) is 14.2 Å². The minimum absolute atomic E-state index is 0.101. The van der Waals surface area contributed by atoms with E-state index in [1.807, 2.05) is 0 Å². The van der Waals surface area contributed by atoms with Crippen LogP contribution >= 0.6 is 11.6 Å². The summed E-state index contributed by atoms with van der Waals surface area (Å²) in [5, 5.41) is 4.25. The summed E-state index contributed by atoms with van der Waals surface area (Å²) in [5.41, 5.74) is 0.791. The van der Waals surface area contributed by atoms with Crippen molar-refractivity contribution in [3.8, 4) is 16.9 Å². The second-order valence-corrected chi connectivity index (χ2v) is 5.84. The number of para-hydroxylation sites is 1. The monoisotopic (exact) mass is 388 g/mol. The molecule has 1 aromatic heterocycles. The molecule has 2 aromatic carbocycles. The Hall–Kier alpha value is -3.19. The number of aromatic nitrogens is 2. The van der Waals surface area contributed by atoms with Crippen molar-refractivity contribution < 1.29 is 23.5 Å². The molecule has 6 nitrogen and oxygen atoms in total. The summed E-state index contributed by atoms with van der Waals surface area (Å²) in [4.78, 5) is 24.9. The van der Waals surface area contributed by atoms with Crippen molar-refractivity contribution in [3.05, 3.63) is 70.6 Å². The minimum Gasteiger partial charge on any atom is -0.465 e. The lowest BCUT2D eigenvalue weighted by Crippen LogP contribution is -2.15. The van der Waals surface area contributed by atoms with E-state index in [0.29, 0.717) is 11.3 Å². The first-order valence-electron chi connectivity index (χ1n) is 7.78. The molecule has 0 aliphatic rings. The Morgan fingerprint density at radius 3 is 2.30 bits per heavy atom. The maximum Gasteiger partial charge on any atom is 0.357 e. The highest BCUT2D eigenvalue weighted by Gasteiger charge is 2.31. The number of rotatable bonds is 4. The summed E-state index contributed by atoms with van der Waals surface area (Å²) in [6.45, 7) is 0. The van der Waals surface area contributed by atoms with Gasteiger partial charge in [0.15, 0.2) is 5.69 Å². The summed E-state index contributed by atoms with van der Waals surface area (Å²) in [6.07, 6.45) is 0. The smallest absolute Gasteiger partial charge is 0.357 e. The van der Waals surface area contributed by atoms with E-state index in [-0.39, 0.29) is 22.0 Å². The molecule has 0 radical (unpaired) electrons. The van der Waals surface area contributed by atoms with E-state index in [1.54, 1.807) is 30.3 Å². The number of methoxy groups -OCH3 is 2. The standard InChI is InChI=1S/C19H14ClFN2O4/c1-26-18(24)15-16(11-8-9-14(21)13(20)10-11)22-23(17(15)19(25)27-2)12-6-4-3-5-7-12/h3-10H,1-2H3. The van der Waals surface area contributed by atoms with Gasteiger partial charge in [-0.25, -0.2) is 18.7 Å². The largest absolute Gasteiger partial charge is 0.465 e. The van der Waals surface area contributed by atoms with Gasteiger partial charge in [-0.3, -0.25) is 0 Å². The Morgan fingerprint density at radius 1 is 1.04 bits per heavy atom. The Balaban J connectivity index is 2.36. The van der Waals surface area contributed by atoms with E-state index < -0.39 is 17.8 Å². The van der Waals surface area contributed by atoms with Crippen LogP contribution < -0.4 is 0 Å². The van der Waals surface area contributed by atoms with Gasteiger partial charge in [-0.1, -0.05) is 29.8 Å². The second-order valence-electron chi connectivity index (χ2n) is 5.43. The molecule has 0 saturated heterocycles. The second kappa shape index (κ2) is 7.59. The summed E-state index contributed by atoms with van der Waals surface area (Å²) >= 11 is 5.87. The number of halogens is 2. The molecule has 3 rings (SSSR count). The zero-order valence-corrected chi connectivity index (χ0v) is 15.2. The van der Waals surface area contributed by atoms with Crippen LogP contribution in [0.25, 0.3) is 16.9 Å². The molecule has 0 saturated carbocycles. The van der Waals surface area contributed by atoms with Crippen molar-refractivity contribution in [2.24, 2.45) is 0 Å². The van der Waals surface area contributed by atoms with Gasteiger partial charge in [-0.05, 0) is 30.3 Å². The lowest BCUT2D eigenvalue weighted by molar-refractivity contribution is 0.0549. The van der Waals surface area contributed by atoms with Crippen molar-refractivity contribution in [3.63, 3.8) is 0 Å². The number of carbonyl (C=O) groups is 2. The first-order chi connectivity index (χ1) is 13.0. The molecule has 0 aliphatic carbocycles. The quantitative estimate of drug-likeness (QED) is 0.634. The molecule has 0 unspecified atom stereocenters. The van der Waals surface area contributed by atoms with E-state index in [0.717, 1.165) is 6.07 Å². The zero-order valence-electron chi connectivity index (χ0n) is 14.4. The fourth-order valence-electron chi connectivity index (χ4n) is 2.60. The molecule has 0 N–H and O–H groups in total. The molecular formula is C19H14ClFN2O4. The van der Waals surface area contributed by atoms with E-state index in [4.69, 9.17) is 21.1 Å². The molecule has 0 amide bonds. The van der Waals surface area contributed by atoms with Crippen LogP contribution in [-0.2, 0) is 9.47 Å². The first kappa shape index (κ1) is 18.6. The topological polar surface area (TPSA) is 70.4 Å². The molecule has 27 heavy (non-hydrogen) atoms. The first-order valence-corrected chi connectivity index (χ1v) is 8.16. The number of hydrogen-bond donors (Lipinski definition) is 0. The number of nitrogens with zero attached hydrogens (tertiary/aromatic N) is 2. The zero-order chi connectivity index (χ0) is 19.6. The molecule has 0 spiro atoms. The molecule has 0 bridgehead atoms. The fraction of sp³-hybridized carbons (Fsp3) is 0.105. The van der Waals surface area contributed by atoms with E-state index in [1.165, 1.54) is 31.0 Å². The molecule has 0 fully saturated rings. The highest BCUT2D eigenvalue weighted by molar-refractivity contribution is 6.31. The Bertz CT molecular complexity index is 1020. The summed E-state index contributed by atoms with van der Waals surface area (Å²) in [5.74, 6) is -2.17. The van der Waals surface area contributed by atoms with E-state index >= 15 is 0 Å². The summed E-state index contributed by atoms with van der Waals surface area (Å²) in [7, 11) is 2.38. The number of ether oxygens (including phenoxy) is 2. The fourth-order valence-corrected chi connectivity index (χ4v) is 2.78. The number of hydrogen-bond acceptors (Lipinski definition) is 5. The van der Waals surface area contributed by atoms with Gasteiger partial charge in [0.05, 0.1) is 24.9 Å². The van der Waals surface area contributed by atoms with Gasteiger partial charge in [-0.2, -0.15) is 5.10 Å². The van der Waals surface area contributed by atoms with Gasteiger partial charge in [-0.15, -0.1) is 0 Å². The van der Waals surface area contributed by atoms with Gasteiger partial charge in [0.1, 0.15) is 17.1 Å². The molecule has 8 heteroatoms. The lowest BCUT2D eigenvalue weighted by atomic mass is 10.1. The Labute approximate surface area is 159 Å². The number of benzene rings is 2. The van der Waals surface area contributed by atoms with Crippen LogP contribution in [-0.4, -0.2) is 35.9 Å². The van der Waals surface area contributed by atoms with E-state index in [9.17, 15) is 14.0 Å². The average molecular weight is 389 g/mol. The Kier molecular flexibility index (Phi) is 5.23.